The molecule has 2 heterocycles. The molecule has 3 N–H and O–H groups in total. The van der Waals surface area contributed by atoms with Gasteiger partial charge in [0.25, 0.3) is 0 Å². The van der Waals surface area contributed by atoms with Crippen molar-refractivity contribution in [3.05, 3.63) is 36.0 Å². The fraction of sp³-hybridized carbons (Fsp3) is 0.154. The van der Waals surface area contributed by atoms with E-state index in [1.807, 2.05) is 6.07 Å². The van der Waals surface area contributed by atoms with E-state index in [0.29, 0.717) is 5.69 Å². The number of nitrogen functional groups attached to an aromatic ring is 1. The molecule has 96 valence electrons. The van der Waals surface area contributed by atoms with Crippen molar-refractivity contribution in [3.63, 3.8) is 0 Å². The number of carbonyl (C=O) groups is 2. The molecule has 3 amide bonds. The molecule has 3 rings (SSSR count). The number of fused-ring (bicyclic) bond motifs is 1. The molecule has 2 aromatic rings. The standard InChI is InChI=1S/C13H12N4O2/c14-10-4-3-8(12-9(10)2-1-5-15-12)7-17-11(18)6-16-13(17)19/h1-5H,6-7,14H2,(H,16,19). The Labute approximate surface area is 109 Å². The third kappa shape index (κ3) is 1.87. The van der Waals surface area contributed by atoms with Crippen molar-refractivity contribution in [2.45, 2.75) is 6.54 Å². The van der Waals surface area contributed by atoms with Crippen LogP contribution in [-0.4, -0.2) is 28.4 Å². The molecule has 6 nitrogen and oxygen atoms in total. The molecule has 0 spiro atoms. The molecule has 1 fully saturated rings. The zero-order chi connectivity index (χ0) is 13.4. The molecule has 0 saturated carbocycles. The van der Waals surface area contributed by atoms with E-state index in [9.17, 15) is 9.59 Å². The average molecular weight is 256 g/mol. The van der Waals surface area contributed by atoms with E-state index in [0.717, 1.165) is 16.5 Å². The highest BCUT2D eigenvalue weighted by Crippen LogP contribution is 2.24. The molecule has 6 heteroatoms. The van der Waals surface area contributed by atoms with E-state index >= 15 is 0 Å². The predicted octanol–water partition coefficient (Wildman–Crippen LogP) is 0.869. The highest BCUT2D eigenvalue weighted by molar-refractivity contribution is 6.02. The summed E-state index contributed by atoms with van der Waals surface area (Å²) in [5, 5.41) is 3.32. The second-order valence-electron chi connectivity index (χ2n) is 4.35. The van der Waals surface area contributed by atoms with Crippen LogP contribution in [0.5, 0.6) is 0 Å². The van der Waals surface area contributed by atoms with Crippen molar-refractivity contribution in [3.8, 4) is 0 Å². The lowest BCUT2D eigenvalue weighted by molar-refractivity contribution is -0.125. The summed E-state index contributed by atoms with van der Waals surface area (Å²) in [5.74, 6) is -0.231. The zero-order valence-electron chi connectivity index (χ0n) is 10.1. The van der Waals surface area contributed by atoms with Crippen LogP contribution in [0.1, 0.15) is 5.56 Å². The molecule has 1 aromatic heterocycles. The van der Waals surface area contributed by atoms with Crippen molar-refractivity contribution in [1.82, 2.24) is 15.2 Å². The monoisotopic (exact) mass is 256 g/mol. The first kappa shape index (κ1) is 11.5. The minimum Gasteiger partial charge on any atom is -0.398 e. The van der Waals surface area contributed by atoms with Crippen molar-refractivity contribution in [2.24, 2.45) is 0 Å². The number of pyridine rings is 1. The minimum atomic E-state index is -0.370. The van der Waals surface area contributed by atoms with E-state index in [4.69, 9.17) is 5.73 Å². The molecule has 0 radical (unpaired) electrons. The highest BCUT2D eigenvalue weighted by Gasteiger charge is 2.28. The minimum absolute atomic E-state index is 0.0547. The van der Waals surface area contributed by atoms with Gasteiger partial charge in [0.05, 0.1) is 18.6 Å². The van der Waals surface area contributed by atoms with Crippen molar-refractivity contribution >= 4 is 28.5 Å². The number of benzene rings is 1. The number of nitrogens with one attached hydrogen (secondary N) is 1. The van der Waals surface area contributed by atoms with Gasteiger partial charge in [-0.05, 0) is 23.8 Å². The molecular weight excluding hydrogens is 244 g/mol. The fourth-order valence-corrected chi connectivity index (χ4v) is 2.17. The number of nitrogens with two attached hydrogens (primary N) is 1. The van der Waals surface area contributed by atoms with Crippen LogP contribution in [-0.2, 0) is 11.3 Å². The molecule has 1 aromatic carbocycles. The lowest BCUT2D eigenvalue weighted by Gasteiger charge is -2.14. The van der Waals surface area contributed by atoms with Crippen LogP contribution in [0.25, 0.3) is 10.9 Å². The maximum Gasteiger partial charge on any atom is 0.324 e. The van der Waals surface area contributed by atoms with Crippen LogP contribution in [0.2, 0.25) is 0 Å². The number of aromatic nitrogens is 1. The summed E-state index contributed by atoms with van der Waals surface area (Å²) in [6, 6.07) is 6.86. The Morgan fingerprint density at radius 2 is 2.16 bits per heavy atom. The Hall–Kier alpha value is -2.63. The molecule has 1 aliphatic heterocycles. The molecule has 0 aliphatic carbocycles. The number of carbonyl (C=O) groups excluding carboxylic acids is 2. The summed E-state index contributed by atoms with van der Waals surface area (Å²) in [7, 11) is 0. The SMILES string of the molecule is Nc1ccc(CN2C(=O)CNC2=O)c2ncccc12. The Bertz CT molecular complexity index is 667. The molecule has 0 bridgehead atoms. The van der Waals surface area contributed by atoms with Crippen molar-refractivity contribution in [2.75, 3.05) is 12.3 Å². The van der Waals surface area contributed by atoms with Crippen LogP contribution in [0.4, 0.5) is 10.5 Å². The van der Waals surface area contributed by atoms with E-state index in [-0.39, 0.29) is 25.0 Å². The summed E-state index contributed by atoms with van der Waals surface area (Å²) in [4.78, 5) is 28.6. The molecule has 0 atom stereocenters. The first-order valence-electron chi connectivity index (χ1n) is 5.87. The number of hydrogen-bond donors (Lipinski definition) is 2. The molecule has 19 heavy (non-hydrogen) atoms. The summed E-state index contributed by atoms with van der Waals surface area (Å²) < 4.78 is 0. The number of nitrogens with zero attached hydrogens (tertiary/aromatic N) is 2. The van der Waals surface area contributed by atoms with Gasteiger partial charge in [-0.25, -0.2) is 4.79 Å². The Morgan fingerprint density at radius 3 is 2.89 bits per heavy atom. The maximum atomic E-state index is 11.6. The lowest BCUT2D eigenvalue weighted by Crippen LogP contribution is -2.30. The Kier molecular flexibility index (Phi) is 2.56. The number of imide groups is 1. The summed E-state index contributed by atoms with van der Waals surface area (Å²) in [6.07, 6.45) is 1.66. The predicted molar refractivity (Wildman–Crippen MR) is 70.1 cm³/mol. The highest BCUT2D eigenvalue weighted by atomic mass is 16.2. The number of hydrogen-bond acceptors (Lipinski definition) is 4. The van der Waals surface area contributed by atoms with Gasteiger partial charge in [0.1, 0.15) is 0 Å². The van der Waals surface area contributed by atoms with Crippen molar-refractivity contribution in [1.29, 1.82) is 0 Å². The summed E-state index contributed by atoms with van der Waals surface area (Å²) in [5.41, 5.74) is 8.04. The van der Waals surface area contributed by atoms with Crippen LogP contribution < -0.4 is 11.1 Å². The number of anilines is 1. The van der Waals surface area contributed by atoms with Gasteiger partial charge in [-0.2, -0.15) is 0 Å². The Morgan fingerprint density at radius 1 is 1.32 bits per heavy atom. The summed E-state index contributed by atoms with van der Waals surface area (Å²) >= 11 is 0. The molecule has 0 unspecified atom stereocenters. The van der Waals surface area contributed by atoms with Gasteiger partial charge in [-0.1, -0.05) is 6.07 Å². The quantitative estimate of drug-likeness (QED) is 0.616. The van der Waals surface area contributed by atoms with Gasteiger partial charge in [0.15, 0.2) is 0 Å². The second-order valence-corrected chi connectivity index (χ2v) is 4.35. The van der Waals surface area contributed by atoms with E-state index in [2.05, 4.69) is 10.3 Å². The Balaban J connectivity index is 2.04. The first-order valence-corrected chi connectivity index (χ1v) is 5.87. The average Bonchev–Trinajstić information content (AvgIpc) is 2.74. The van der Waals surface area contributed by atoms with Crippen LogP contribution >= 0.6 is 0 Å². The number of urea groups is 1. The fourth-order valence-electron chi connectivity index (χ4n) is 2.17. The maximum absolute atomic E-state index is 11.6. The number of rotatable bonds is 2. The topological polar surface area (TPSA) is 88.3 Å². The van der Waals surface area contributed by atoms with Gasteiger partial charge in [0.2, 0.25) is 5.91 Å². The smallest absolute Gasteiger partial charge is 0.324 e. The normalized spacial score (nSPS) is 15.1. The summed E-state index contributed by atoms with van der Waals surface area (Å²) in [6.45, 7) is 0.262. The molecular formula is C13H12N4O2. The van der Waals surface area contributed by atoms with Crippen LogP contribution in [0.15, 0.2) is 30.5 Å². The third-order valence-corrected chi connectivity index (χ3v) is 3.15. The van der Waals surface area contributed by atoms with E-state index in [1.165, 1.54) is 4.90 Å². The van der Waals surface area contributed by atoms with E-state index in [1.54, 1.807) is 24.4 Å². The van der Waals surface area contributed by atoms with Crippen LogP contribution in [0.3, 0.4) is 0 Å². The van der Waals surface area contributed by atoms with Gasteiger partial charge in [-0.3, -0.25) is 14.7 Å². The third-order valence-electron chi connectivity index (χ3n) is 3.15. The first-order chi connectivity index (χ1) is 9.16. The lowest BCUT2D eigenvalue weighted by atomic mass is 10.1. The molecule has 1 aliphatic rings. The largest absolute Gasteiger partial charge is 0.398 e. The van der Waals surface area contributed by atoms with E-state index < -0.39 is 0 Å². The number of amides is 3. The van der Waals surface area contributed by atoms with Gasteiger partial charge in [-0.15, -0.1) is 0 Å². The second kappa shape index (κ2) is 4.24. The van der Waals surface area contributed by atoms with Gasteiger partial charge < -0.3 is 11.1 Å². The van der Waals surface area contributed by atoms with Gasteiger partial charge >= 0.3 is 6.03 Å². The van der Waals surface area contributed by atoms with Crippen molar-refractivity contribution < 1.29 is 9.59 Å². The van der Waals surface area contributed by atoms with Gasteiger partial charge in [0, 0.05) is 17.3 Å². The molecule has 1 saturated heterocycles. The van der Waals surface area contributed by atoms with Crippen LogP contribution in [0, 0.1) is 0 Å². The zero-order valence-corrected chi connectivity index (χ0v) is 10.1.